The first-order valence-electron chi connectivity index (χ1n) is 6.94. The SMILES string of the molecule is Fc1ccccc1-c1nc(SCc2nc3ccccc3o2)n[nH]1. The molecule has 0 amide bonds. The van der Waals surface area contributed by atoms with Gasteiger partial charge in [0.25, 0.3) is 0 Å². The minimum Gasteiger partial charge on any atom is -0.440 e. The average molecular weight is 326 g/mol. The number of H-pyrrole nitrogens is 1. The van der Waals surface area contributed by atoms with E-state index >= 15 is 0 Å². The van der Waals surface area contributed by atoms with E-state index in [9.17, 15) is 4.39 Å². The third kappa shape index (κ3) is 2.83. The quantitative estimate of drug-likeness (QED) is 0.573. The molecule has 0 atom stereocenters. The minimum atomic E-state index is -0.334. The van der Waals surface area contributed by atoms with E-state index < -0.39 is 0 Å². The van der Waals surface area contributed by atoms with Crippen LogP contribution in [-0.4, -0.2) is 20.2 Å². The second kappa shape index (κ2) is 5.85. The van der Waals surface area contributed by atoms with Crippen LogP contribution in [0.1, 0.15) is 5.89 Å². The monoisotopic (exact) mass is 326 g/mol. The van der Waals surface area contributed by atoms with Crippen LogP contribution in [0.5, 0.6) is 0 Å². The lowest BCUT2D eigenvalue weighted by molar-refractivity contribution is 0.556. The molecular weight excluding hydrogens is 315 g/mol. The molecule has 2 aromatic heterocycles. The van der Waals surface area contributed by atoms with Gasteiger partial charge in [0.15, 0.2) is 11.4 Å². The number of rotatable bonds is 4. The second-order valence-electron chi connectivity index (χ2n) is 4.81. The summed E-state index contributed by atoms with van der Waals surface area (Å²) in [6.45, 7) is 0. The molecule has 0 aliphatic heterocycles. The van der Waals surface area contributed by atoms with Crippen LogP contribution in [0.15, 0.2) is 58.1 Å². The first-order chi connectivity index (χ1) is 11.3. The maximum Gasteiger partial charge on any atom is 0.209 e. The van der Waals surface area contributed by atoms with Gasteiger partial charge in [-0.15, -0.1) is 5.10 Å². The summed E-state index contributed by atoms with van der Waals surface area (Å²) in [5, 5.41) is 7.37. The predicted molar refractivity (Wildman–Crippen MR) is 85.3 cm³/mol. The van der Waals surface area contributed by atoms with Gasteiger partial charge in [0.05, 0.1) is 11.3 Å². The lowest BCUT2D eigenvalue weighted by Gasteiger charge is -1.96. The van der Waals surface area contributed by atoms with Crippen LogP contribution in [-0.2, 0) is 5.75 Å². The number of nitrogens with zero attached hydrogens (tertiary/aromatic N) is 3. The molecule has 7 heteroatoms. The first kappa shape index (κ1) is 14.0. The Bertz CT molecular complexity index is 932. The molecule has 0 bridgehead atoms. The van der Waals surface area contributed by atoms with Gasteiger partial charge < -0.3 is 4.42 Å². The molecule has 23 heavy (non-hydrogen) atoms. The number of benzene rings is 2. The minimum absolute atomic E-state index is 0.334. The predicted octanol–water partition coefficient (Wildman–Crippen LogP) is 4.04. The van der Waals surface area contributed by atoms with Crippen molar-refractivity contribution in [3.8, 4) is 11.4 Å². The van der Waals surface area contributed by atoms with Crippen LogP contribution in [0, 0.1) is 5.82 Å². The topological polar surface area (TPSA) is 67.6 Å². The molecule has 0 saturated carbocycles. The van der Waals surface area contributed by atoms with Crippen LogP contribution >= 0.6 is 11.8 Å². The maximum absolute atomic E-state index is 13.7. The molecule has 1 N–H and O–H groups in total. The summed E-state index contributed by atoms with van der Waals surface area (Å²) in [7, 11) is 0. The number of halogens is 1. The molecule has 114 valence electrons. The summed E-state index contributed by atoms with van der Waals surface area (Å²) in [5.74, 6) is 1.18. The van der Waals surface area contributed by atoms with Crippen LogP contribution < -0.4 is 0 Å². The van der Waals surface area contributed by atoms with Gasteiger partial charge in [-0.25, -0.2) is 14.4 Å². The summed E-state index contributed by atoms with van der Waals surface area (Å²) in [6.07, 6.45) is 0. The molecule has 2 aromatic carbocycles. The summed E-state index contributed by atoms with van der Waals surface area (Å²) in [5.41, 5.74) is 1.98. The normalized spacial score (nSPS) is 11.2. The highest BCUT2D eigenvalue weighted by Gasteiger charge is 2.12. The van der Waals surface area contributed by atoms with E-state index in [-0.39, 0.29) is 5.82 Å². The Morgan fingerprint density at radius 2 is 1.87 bits per heavy atom. The van der Waals surface area contributed by atoms with Gasteiger partial charge in [-0.2, -0.15) is 0 Å². The largest absolute Gasteiger partial charge is 0.440 e. The smallest absolute Gasteiger partial charge is 0.209 e. The van der Waals surface area contributed by atoms with Crippen molar-refractivity contribution in [2.45, 2.75) is 10.9 Å². The summed E-state index contributed by atoms with van der Waals surface area (Å²) < 4.78 is 19.4. The van der Waals surface area contributed by atoms with E-state index in [1.807, 2.05) is 24.3 Å². The molecule has 0 spiro atoms. The summed E-state index contributed by atoms with van der Waals surface area (Å²) in [6, 6.07) is 14.0. The fourth-order valence-electron chi connectivity index (χ4n) is 2.19. The van der Waals surface area contributed by atoms with E-state index in [1.165, 1.54) is 17.8 Å². The van der Waals surface area contributed by atoms with Crippen molar-refractivity contribution in [3.05, 3.63) is 60.2 Å². The van der Waals surface area contributed by atoms with Crippen molar-refractivity contribution in [2.24, 2.45) is 0 Å². The summed E-state index contributed by atoms with van der Waals surface area (Å²) >= 11 is 1.38. The number of hydrogen-bond acceptors (Lipinski definition) is 5. The van der Waals surface area contributed by atoms with E-state index in [0.717, 1.165) is 11.1 Å². The number of fused-ring (bicyclic) bond motifs is 1. The molecule has 5 nitrogen and oxygen atoms in total. The van der Waals surface area contributed by atoms with Gasteiger partial charge in [-0.1, -0.05) is 36.0 Å². The highest BCUT2D eigenvalue weighted by Crippen LogP contribution is 2.25. The molecule has 0 radical (unpaired) electrons. The van der Waals surface area contributed by atoms with Crippen molar-refractivity contribution in [1.82, 2.24) is 20.2 Å². The van der Waals surface area contributed by atoms with Gasteiger partial charge in [0.2, 0.25) is 11.0 Å². The van der Waals surface area contributed by atoms with E-state index in [4.69, 9.17) is 4.42 Å². The molecule has 0 saturated heterocycles. The molecule has 0 aliphatic rings. The number of oxazole rings is 1. The Labute approximate surface area is 135 Å². The molecular formula is C16H11FN4OS. The fourth-order valence-corrected chi connectivity index (χ4v) is 2.83. The van der Waals surface area contributed by atoms with Gasteiger partial charge in [0.1, 0.15) is 11.3 Å². The van der Waals surface area contributed by atoms with E-state index in [0.29, 0.717) is 28.2 Å². The Hall–Kier alpha value is -2.67. The Kier molecular flexibility index (Phi) is 3.55. The van der Waals surface area contributed by atoms with Gasteiger partial charge in [0, 0.05) is 0 Å². The first-order valence-corrected chi connectivity index (χ1v) is 7.93. The fraction of sp³-hybridized carbons (Fsp3) is 0.0625. The number of nitrogens with one attached hydrogen (secondary N) is 1. The molecule has 0 unspecified atom stereocenters. The number of aromatic amines is 1. The molecule has 0 fully saturated rings. The third-order valence-electron chi connectivity index (χ3n) is 3.26. The van der Waals surface area contributed by atoms with Crippen LogP contribution in [0.25, 0.3) is 22.5 Å². The molecule has 0 aliphatic carbocycles. The summed E-state index contributed by atoms with van der Waals surface area (Å²) in [4.78, 5) is 8.69. The van der Waals surface area contributed by atoms with Crippen molar-refractivity contribution >= 4 is 22.9 Å². The number of aromatic nitrogens is 4. The van der Waals surface area contributed by atoms with Crippen molar-refractivity contribution in [1.29, 1.82) is 0 Å². The lowest BCUT2D eigenvalue weighted by atomic mass is 10.2. The zero-order valence-electron chi connectivity index (χ0n) is 11.9. The highest BCUT2D eigenvalue weighted by atomic mass is 32.2. The number of para-hydroxylation sites is 2. The molecule has 4 rings (SSSR count). The second-order valence-corrected chi connectivity index (χ2v) is 5.75. The van der Waals surface area contributed by atoms with Crippen LogP contribution in [0.2, 0.25) is 0 Å². The van der Waals surface area contributed by atoms with Crippen LogP contribution in [0.3, 0.4) is 0 Å². The van der Waals surface area contributed by atoms with Gasteiger partial charge in [-0.3, -0.25) is 5.10 Å². The zero-order valence-corrected chi connectivity index (χ0v) is 12.7. The molecule has 2 heterocycles. The van der Waals surface area contributed by atoms with Crippen molar-refractivity contribution in [3.63, 3.8) is 0 Å². The lowest BCUT2D eigenvalue weighted by Crippen LogP contribution is -1.85. The Balaban J connectivity index is 1.51. The standard InChI is InChI=1S/C16H11FN4OS/c17-11-6-2-1-5-10(11)15-19-16(21-20-15)23-9-14-18-12-7-3-4-8-13(12)22-14/h1-8H,9H2,(H,19,20,21). The van der Waals surface area contributed by atoms with Crippen molar-refractivity contribution < 1.29 is 8.81 Å². The zero-order chi connectivity index (χ0) is 15.6. The Morgan fingerprint density at radius 3 is 2.74 bits per heavy atom. The van der Waals surface area contributed by atoms with Crippen molar-refractivity contribution in [2.75, 3.05) is 0 Å². The maximum atomic E-state index is 13.7. The third-order valence-corrected chi connectivity index (χ3v) is 4.09. The van der Waals surface area contributed by atoms with E-state index in [2.05, 4.69) is 20.2 Å². The van der Waals surface area contributed by atoms with Gasteiger partial charge >= 0.3 is 0 Å². The van der Waals surface area contributed by atoms with Crippen LogP contribution in [0.4, 0.5) is 4.39 Å². The molecule has 4 aromatic rings. The number of thioether (sulfide) groups is 1. The van der Waals surface area contributed by atoms with Gasteiger partial charge in [-0.05, 0) is 24.3 Å². The van der Waals surface area contributed by atoms with E-state index in [1.54, 1.807) is 18.2 Å². The average Bonchev–Trinajstić information content (AvgIpc) is 3.19. The number of hydrogen-bond donors (Lipinski definition) is 1. The highest BCUT2D eigenvalue weighted by molar-refractivity contribution is 7.98. The Morgan fingerprint density at radius 1 is 1.04 bits per heavy atom.